The fourth-order valence-electron chi connectivity index (χ4n) is 1.62. The second-order valence-corrected chi connectivity index (χ2v) is 11.2. The van der Waals surface area contributed by atoms with Gasteiger partial charge in [-0.25, -0.2) is 0 Å². The van der Waals surface area contributed by atoms with Gasteiger partial charge in [0.25, 0.3) is 0 Å². The van der Waals surface area contributed by atoms with Gasteiger partial charge in [0.15, 0.2) is 0 Å². The number of halogens is 3. The Kier molecular flexibility index (Phi) is 13.4. The molecule has 1 saturated carbocycles. The predicted octanol–water partition coefficient (Wildman–Crippen LogP) is 5.20. The number of rotatable bonds is 1. The first-order valence-electron chi connectivity index (χ1n) is 4.37. The molecule has 1 aliphatic carbocycles. The van der Waals surface area contributed by atoms with Gasteiger partial charge >= 0.3 is 42.6 Å². The van der Waals surface area contributed by atoms with Gasteiger partial charge in [0, 0.05) is 0 Å². The first-order chi connectivity index (χ1) is 5.54. The summed E-state index contributed by atoms with van der Waals surface area (Å²) in [5, 5.41) is 0. The molecule has 5 heteroatoms. The molecule has 0 aliphatic heterocycles. The van der Waals surface area contributed by atoms with Crippen LogP contribution in [0.3, 0.4) is 0 Å². The van der Waals surface area contributed by atoms with Gasteiger partial charge in [-0.15, -0.1) is 0 Å². The van der Waals surface area contributed by atoms with E-state index in [9.17, 15) is 0 Å². The third-order valence-electron chi connectivity index (χ3n) is 2.34. The Balaban J connectivity index is 0. The van der Waals surface area contributed by atoms with Crippen molar-refractivity contribution in [1.29, 1.82) is 0 Å². The maximum atomic E-state index is 4.97. The number of hydrogen-bond donors (Lipinski definition) is 0. The van der Waals surface area contributed by atoms with Gasteiger partial charge in [-0.05, 0) is 0 Å². The van der Waals surface area contributed by atoms with Crippen molar-refractivity contribution >= 4 is 34.6 Å². The van der Waals surface area contributed by atoms with Crippen molar-refractivity contribution in [3.05, 3.63) is 7.43 Å². The molecule has 1 aliphatic rings. The summed E-state index contributed by atoms with van der Waals surface area (Å²) in [7, 11) is 14.9. The third-order valence-corrected chi connectivity index (χ3v) is 2.34. The van der Waals surface area contributed by atoms with Gasteiger partial charge in [0.1, 0.15) is 6.71 Å². The second-order valence-electron chi connectivity index (χ2n) is 3.50. The van der Waals surface area contributed by atoms with E-state index in [1.54, 1.807) is 0 Å². The van der Waals surface area contributed by atoms with Gasteiger partial charge in [-0.2, -0.15) is 0 Å². The van der Waals surface area contributed by atoms with Gasteiger partial charge in [-0.1, -0.05) is 45.1 Å². The fraction of sp³-hybridized carbons (Fsp3) is 0.875. The molecule has 0 atom stereocenters. The summed E-state index contributed by atoms with van der Waals surface area (Å²) < 4.78 is 0. The monoisotopic (exact) mass is 278 g/mol. The van der Waals surface area contributed by atoms with Crippen LogP contribution in [0.1, 0.15) is 25.7 Å². The van der Waals surface area contributed by atoms with E-state index in [2.05, 4.69) is 13.6 Å². The quantitative estimate of drug-likeness (QED) is 0.457. The van der Waals surface area contributed by atoms with E-state index in [1.807, 2.05) is 0 Å². The Hall–Kier alpha value is 1.65. The Morgan fingerprint density at radius 2 is 1.38 bits per heavy atom. The van der Waals surface area contributed by atoms with E-state index in [0.29, 0.717) is 0 Å². The zero-order chi connectivity index (χ0) is 9.56. The van der Waals surface area contributed by atoms with Crippen LogP contribution in [0.15, 0.2) is 0 Å². The molecule has 78 valence electrons. The average molecular weight is 279 g/mol. The number of hydrogen-bond acceptors (Lipinski definition) is 0. The second kappa shape index (κ2) is 10.2. The summed E-state index contributed by atoms with van der Waals surface area (Å²) >= 11 is -1.92. The predicted molar refractivity (Wildman–Crippen MR) is 63.7 cm³/mol. The van der Waals surface area contributed by atoms with Crippen LogP contribution in [0.4, 0.5) is 0 Å². The van der Waals surface area contributed by atoms with Gasteiger partial charge in [0.05, 0.1) is 0 Å². The van der Waals surface area contributed by atoms with E-state index in [0.717, 1.165) is 12.5 Å². The van der Waals surface area contributed by atoms with Gasteiger partial charge in [0.2, 0.25) is 0 Å². The molecule has 1 fully saturated rings. The molecule has 0 aromatic heterocycles. The van der Waals surface area contributed by atoms with E-state index in [4.69, 9.17) is 27.9 Å². The van der Waals surface area contributed by atoms with Crippen molar-refractivity contribution in [2.24, 2.45) is 0 Å². The molecule has 0 amide bonds. The van der Waals surface area contributed by atoms with Crippen LogP contribution in [0.25, 0.3) is 0 Å². The molecule has 0 saturated heterocycles. The minimum atomic E-state index is -1.92. The molecular formula is C8H18BCl3Ti. The van der Waals surface area contributed by atoms with Crippen LogP contribution in [0.2, 0.25) is 19.5 Å². The van der Waals surface area contributed by atoms with Crippen molar-refractivity contribution in [1.82, 2.24) is 0 Å². The summed E-state index contributed by atoms with van der Waals surface area (Å²) in [4.78, 5) is 0. The van der Waals surface area contributed by atoms with Crippen LogP contribution >= 0.6 is 27.9 Å². The molecule has 0 aromatic rings. The zero-order valence-electron chi connectivity index (χ0n) is 8.62. The van der Waals surface area contributed by atoms with E-state index in [-0.39, 0.29) is 7.43 Å². The molecule has 13 heavy (non-hydrogen) atoms. The summed E-state index contributed by atoms with van der Waals surface area (Å²) in [5.41, 5.74) is 0. The molecule has 1 rings (SSSR count). The molecule has 0 bridgehead atoms. The van der Waals surface area contributed by atoms with Gasteiger partial charge in [-0.3, -0.25) is 0 Å². The average Bonchev–Trinajstić information content (AvgIpc) is 2.34. The van der Waals surface area contributed by atoms with Gasteiger partial charge < -0.3 is 7.43 Å². The molecule has 0 heterocycles. The summed E-state index contributed by atoms with van der Waals surface area (Å²) in [6.45, 7) is 5.63. The Morgan fingerprint density at radius 3 is 1.54 bits per heavy atom. The van der Waals surface area contributed by atoms with Crippen molar-refractivity contribution in [3.8, 4) is 0 Å². The molecular weight excluding hydrogens is 261 g/mol. The van der Waals surface area contributed by atoms with Crippen LogP contribution in [-0.2, 0) is 14.7 Å². The fourth-order valence-corrected chi connectivity index (χ4v) is 1.62. The molecule has 0 N–H and O–H groups in total. The summed E-state index contributed by atoms with van der Waals surface area (Å²) in [5.74, 6) is 1.06. The summed E-state index contributed by atoms with van der Waals surface area (Å²) in [6.07, 6.45) is 5.97. The molecule has 0 radical (unpaired) electrons. The normalized spacial score (nSPS) is 15.5. The van der Waals surface area contributed by atoms with Crippen LogP contribution in [0, 0.1) is 7.43 Å². The van der Waals surface area contributed by atoms with Crippen LogP contribution < -0.4 is 0 Å². The van der Waals surface area contributed by atoms with Crippen molar-refractivity contribution in [3.63, 3.8) is 0 Å². The topological polar surface area (TPSA) is 0 Å². The minimum absolute atomic E-state index is 0. The van der Waals surface area contributed by atoms with Crippen molar-refractivity contribution < 1.29 is 14.7 Å². The Bertz CT molecular complexity index is 103. The van der Waals surface area contributed by atoms with Crippen LogP contribution in [0.5, 0.6) is 0 Å². The SMILES string of the molecule is CB(C)C1CCCC1.[CH3-].[Cl][Ti+]([Cl])[Cl]. The van der Waals surface area contributed by atoms with E-state index in [1.165, 1.54) is 25.7 Å². The Morgan fingerprint density at radius 1 is 1.08 bits per heavy atom. The standard InChI is InChI=1S/C7H15B.CH3.3ClH.Ti/c1-8(2)7-5-3-4-6-7;;;;;/h7H,3-6H2,1-2H3;1H3;3*1H;/q;-1;;;;+4/p-3. The zero-order valence-corrected chi connectivity index (χ0v) is 12.4. The molecule has 0 spiro atoms. The Labute approximate surface area is 101 Å². The summed E-state index contributed by atoms with van der Waals surface area (Å²) in [6, 6.07) is 0. The molecule has 0 aromatic carbocycles. The third kappa shape index (κ3) is 11.6. The first-order valence-corrected chi connectivity index (χ1v) is 10.8. The molecule has 0 unspecified atom stereocenters. The maximum absolute atomic E-state index is 4.97. The molecule has 0 nitrogen and oxygen atoms in total. The first kappa shape index (κ1) is 17.1. The van der Waals surface area contributed by atoms with E-state index < -0.39 is 14.7 Å². The van der Waals surface area contributed by atoms with Crippen molar-refractivity contribution in [2.45, 2.75) is 45.1 Å². The van der Waals surface area contributed by atoms with Crippen molar-refractivity contribution in [2.75, 3.05) is 0 Å². The van der Waals surface area contributed by atoms with E-state index >= 15 is 0 Å². The van der Waals surface area contributed by atoms with Crippen LogP contribution in [-0.4, -0.2) is 6.71 Å².